The number of rotatable bonds is 3. The van der Waals surface area contributed by atoms with Gasteiger partial charge in [-0.05, 0) is 67.9 Å². The lowest BCUT2D eigenvalue weighted by molar-refractivity contribution is -0.129. The van der Waals surface area contributed by atoms with Crippen LogP contribution in [0.3, 0.4) is 0 Å². The minimum absolute atomic E-state index is 0.00524. The second-order valence-corrected chi connectivity index (χ2v) is 6.53. The monoisotopic (exact) mass is 306 g/mol. The maximum absolute atomic E-state index is 12.9. The maximum Gasteiger partial charge on any atom is 0.252 e. The standard InChI is InChI=1S/C18H18N4O/c1-12-10-20-22(11-12)18(7-2-8-18)17(23)21-16-6-3-13(9-19)14-4-5-15(14)16/h3,6,10-11H,2,4-5,7-8H2,1H3,(H,21,23). The van der Waals surface area contributed by atoms with Gasteiger partial charge in [-0.3, -0.25) is 9.48 Å². The first-order valence-electron chi connectivity index (χ1n) is 8.02. The summed E-state index contributed by atoms with van der Waals surface area (Å²) >= 11 is 0. The molecule has 0 spiro atoms. The Bertz CT molecular complexity index is 839. The quantitative estimate of drug-likeness (QED) is 0.947. The fourth-order valence-corrected chi connectivity index (χ4v) is 3.52. The Balaban J connectivity index is 1.63. The van der Waals surface area contributed by atoms with Gasteiger partial charge in [-0.2, -0.15) is 10.4 Å². The van der Waals surface area contributed by atoms with Crippen molar-refractivity contribution in [1.82, 2.24) is 9.78 Å². The number of carbonyl (C=O) groups is 1. The fourth-order valence-electron chi connectivity index (χ4n) is 3.52. The highest BCUT2D eigenvalue weighted by Gasteiger charge is 2.47. The lowest BCUT2D eigenvalue weighted by atomic mass is 9.75. The number of benzene rings is 1. The molecule has 0 unspecified atom stereocenters. The molecule has 0 bridgehead atoms. The molecule has 23 heavy (non-hydrogen) atoms. The molecule has 0 radical (unpaired) electrons. The van der Waals surface area contributed by atoms with E-state index in [4.69, 9.17) is 5.26 Å². The van der Waals surface area contributed by atoms with Gasteiger partial charge in [-0.1, -0.05) is 0 Å². The second kappa shape index (κ2) is 4.95. The van der Waals surface area contributed by atoms with Crippen LogP contribution in [0, 0.1) is 18.3 Å². The molecule has 0 aliphatic heterocycles. The average molecular weight is 306 g/mol. The van der Waals surface area contributed by atoms with Crippen LogP contribution in [0.25, 0.3) is 0 Å². The Morgan fingerprint density at radius 2 is 2.13 bits per heavy atom. The number of nitrogens with one attached hydrogen (secondary N) is 1. The summed E-state index contributed by atoms with van der Waals surface area (Å²) in [7, 11) is 0. The van der Waals surface area contributed by atoms with Crippen LogP contribution in [0.15, 0.2) is 24.5 Å². The van der Waals surface area contributed by atoms with E-state index in [1.54, 1.807) is 12.3 Å². The summed E-state index contributed by atoms with van der Waals surface area (Å²) < 4.78 is 1.82. The topological polar surface area (TPSA) is 70.7 Å². The highest BCUT2D eigenvalue weighted by molar-refractivity contribution is 5.98. The molecule has 1 saturated carbocycles. The summed E-state index contributed by atoms with van der Waals surface area (Å²) in [4.78, 5) is 12.9. The van der Waals surface area contributed by atoms with Gasteiger partial charge in [-0.25, -0.2) is 0 Å². The van der Waals surface area contributed by atoms with Gasteiger partial charge < -0.3 is 5.32 Å². The largest absolute Gasteiger partial charge is 0.324 e. The highest BCUT2D eigenvalue weighted by atomic mass is 16.2. The highest BCUT2D eigenvalue weighted by Crippen LogP contribution is 2.41. The van der Waals surface area contributed by atoms with Crippen molar-refractivity contribution < 1.29 is 4.79 Å². The van der Waals surface area contributed by atoms with E-state index in [9.17, 15) is 4.79 Å². The molecule has 2 aliphatic carbocycles. The Morgan fingerprint density at radius 3 is 2.65 bits per heavy atom. The van der Waals surface area contributed by atoms with Gasteiger partial charge in [0.15, 0.2) is 0 Å². The summed E-state index contributed by atoms with van der Waals surface area (Å²) in [6, 6.07) is 5.88. The summed E-state index contributed by atoms with van der Waals surface area (Å²) in [5.74, 6) is 0.00524. The van der Waals surface area contributed by atoms with E-state index in [1.807, 2.05) is 23.9 Å². The van der Waals surface area contributed by atoms with E-state index in [0.717, 1.165) is 60.0 Å². The molecule has 1 aromatic carbocycles. The van der Waals surface area contributed by atoms with E-state index in [-0.39, 0.29) is 5.91 Å². The number of aromatic nitrogens is 2. The van der Waals surface area contributed by atoms with Crippen molar-refractivity contribution in [3.8, 4) is 6.07 Å². The molecule has 116 valence electrons. The third-order valence-electron chi connectivity index (χ3n) is 5.18. The molecule has 5 nitrogen and oxygen atoms in total. The summed E-state index contributed by atoms with van der Waals surface area (Å²) in [5.41, 5.74) is 4.28. The van der Waals surface area contributed by atoms with E-state index in [2.05, 4.69) is 16.5 Å². The van der Waals surface area contributed by atoms with E-state index < -0.39 is 5.54 Å². The zero-order chi connectivity index (χ0) is 16.0. The molecular formula is C18H18N4O. The lowest BCUT2D eigenvalue weighted by Crippen LogP contribution is -2.51. The van der Waals surface area contributed by atoms with Crippen LogP contribution in [0.2, 0.25) is 0 Å². The number of fused-ring (bicyclic) bond motifs is 1. The fraction of sp³-hybridized carbons (Fsp3) is 0.389. The van der Waals surface area contributed by atoms with Crippen LogP contribution in [0.4, 0.5) is 5.69 Å². The number of amides is 1. The molecule has 1 fully saturated rings. The van der Waals surface area contributed by atoms with Crippen molar-refractivity contribution in [3.05, 3.63) is 46.8 Å². The Morgan fingerprint density at radius 1 is 1.35 bits per heavy atom. The number of hydrogen-bond acceptors (Lipinski definition) is 3. The van der Waals surface area contributed by atoms with Crippen molar-refractivity contribution in [2.45, 2.75) is 44.6 Å². The van der Waals surface area contributed by atoms with Gasteiger partial charge in [-0.15, -0.1) is 0 Å². The van der Waals surface area contributed by atoms with Crippen molar-refractivity contribution in [1.29, 1.82) is 5.26 Å². The van der Waals surface area contributed by atoms with E-state index in [1.165, 1.54) is 0 Å². The minimum atomic E-state index is -0.557. The normalized spacial score (nSPS) is 17.4. The number of nitrogens with zero attached hydrogens (tertiary/aromatic N) is 3. The smallest absolute Gasteiger partial charge is 0.252 e. The molecule has 1 heterocycles. The first-order valence-corrected chi connectivity index (χ1v) is 8.02. The van der Waals surface area contributed by atoms with Crippen LogP contribution >= 0.6 is 0 Å². The molecule has 1 N–H and O–H groups in total. The van der Waals surface area contributed by atoms with Crippen LogP contribution in [-0.2, 0) is 23.2 Å². The second-order valence-electron chi connectivity index (χ2n) is 6.53. The van der Waals surface area contributed by atoms with Gasteiger partial charge in [0, 0.05) is 11.9 Å². The number of hydrogen-bond donors (Lipinski definition) is 1. The van der Waals surface area contributed by atoms with Crippen molar-refractivity contribution >= 4 is 11.6 Å². The van der Waals surface area contributed by atoms with Crippen LogP contribution in [0.5, 0.6) is 0 Å². The van der Waals surface area contributed by atoms with E-state index >= 15 is 0 Å². The Kier molecular flexibility index (Phi) is 3.02. The molecular weight excluding hydrogens is 288 g/mol. The summed E-state index contributed by atoms with van der Waals surface area (Å²) in [6.07, 6.45) is 8.26. The van der Waals surface area contributed by atoms with Crippen molar-refractivity contribution in [2.24, 2.45) is 0 Å². The third kappa shape index (κ3) is 1.98. The van der Waals surface area contributed by atoms with Crippen molar-refractivity contribution in [3.63, 3.8) is 0 Å². The Labute approximate surface area is 134 Å². The van der Waals surface area contributed by atoms with Gasteiger partial charge in [0.25, 0.3) is 5.91 Å². The Hall–Kier alpha value is -2.61. The van der Waals surface area contributed by atoms with Crippen LogP contribution < -0.4 is 5.32 Å². The number of anilines is 1. The molecule has 2 aliphatic rings. The molecule has 5 heteroatoms. The molecule has 4 rings (SSSR count). The SMILES string of the molecule is Cc1cnn(C2(C(=O)Nc3ccc(C#N)c4c3CC4)CCC2)c1. The first kappa shape index (κ1) is 14.0. The third-order valence-corrected chi connectivity index (χ3v) is 5.18. The average Bonchev–Trinajstić information content (AvgIpc) is 2.86. The predicted molar refractivity (Wildman–Crippen MR) is 86.0 cm³/mol. The molecule has 0 atom stereocenters. The maximum atomic E-state index is 12.9. The zero-order valence-corrected chi connectivity index (χ0v) is 13.1. The van der Waals surface area contributed by atoms with Gasteiger partial charge in [0.05, 0.1) is 17.8 Å². The van der Waals surface area contributed by atoms with Gasteiger partial charge >= 0.3 is 0 Å². The molecule has 2 aromatic rings. The zero-order valence-electron chi connectivity index (χ0n) is 13.1. The van der Waals surface area contributed by atoms with Gasteiger partial charge in [0.1, 0.15) is 5.54 Å². The molecule has 0 saturated heterocycles. The number of carbonyl (C=O) groups excluding carboxylic acids is 1. The van der Waals surface area contributed by atoms with E-state index in [0.29, 0.717) is 0 Å². The summed E-state index contributed by atoms with van der Waals surface area (Å²) in [5, 5.41) is 16.6. The number of nitriles is 1. The van der Waals surface area contributed by atoms with Crippen molar-refractivity contribution in [2.75, 3.05) is 5.32 Å². The number of aryl methyl sites for hydroxylation is 1. The first-order chi connectivity index (χ1) is 11.1. The minimum Gasteiger partial charge on any atom is -0.324 e. The van der Waals surface area contributed by atoms with Gasteiger partial charge in [0.2, 0.25) is 0 Å². The summed E-state index contributed by atoms with van der Waals surface area (Å²) in [6.45, 7) is 1.98. The molecule has 1 aromatic heterocycles. The lowest BCUT2D eigenvalue weighted by Gasteiger charge is -2.40. The predicted octanol–water partition coefficient (Wildman–Crippen LogP) is 2.68. The molecule has 1 amide bonds. The van der Waals surface area contributed by atoms with Crippen LogP contribution in [-0.4, -0.2) is 15.7 Å². The van der Waals surface area contributed by atoms with Crippen LogP contribution in [0.1, 0.15) is 41.5 Å².